The van der Waals surface area contributed by atoms with Gasteiger partial charge in [-0.2, -0.15) is 0 Å². The molecule has 1 aliphatic rings. The summed E-state index contributed by atoms with van der Waals surface area (Å²) in [7, 11) is 0. The highest BCUT2D eigenvalue weighted by atomic mass is 15.2. The van der Waals surface area contributed by atoms with Crippen molar-refractivity contribution in [2.24, 2.45) is 23.5 Å². The molecule has 1 fully saturated rings. The van der Waals surface area contributed by atoms with Crippen LogP contribution in [0.4, 0.5) is 0 Å². The third-order valence-corrected chi connectivity index (χ3v) is 4.82. The Balaban J connectivity index is 2.77. The summed E-state index contributed by atoms with van der Waals surface area (Å²) in [4.78, 5) is 2.74. The summed E-state index contributed by atoms with van der Waals surface area (Å²) in [5, 5.41) is 0. The van der Waals surface area contributed by atoms with Gasteiger partial charge in [0.1, 0.15) is 0 Å². The van der Waals surface area contributed by atoms with Gasteiger partial charge in [-0.1, -0.05) is 41.0 Å². The SMILES string of the molecule is CCC1CCN(C(CN)(CC(C)C)CC(C)C)CC1. The molecule has 0 radical (unpaired) electrons. The monoisotopic (exact) mass is 268 g/mol. The molecular formula is C17H36N2. The molecule has 0 amide bonds. The molecule has 1 heterocycles. The Morgan fingerprint density at radius 3 is 1.84 bits per heavy atom. The first-order valence-corrected chi connectivity index (χ1v) is 8.38. The van der Waals surface area contributed by atoms with Crippen LogP contribution in [0.2, 0.25) is 0 Å². The van der Waals surface area contributed by atoms with Gasteiger partial charge in [-0.05, 0) is 56.5 Å². The molecule has 0 atom stereocenters. The number of rotatable bonds is 7. The van der Waals surface area contributed by atoms with Crippen LogP contribution < -0.4 is 5.73 Å². The van der Waals surface area contributed by atoms with Gasteiger partial charge in [-0.15, -0.1) is 0 Å². The van der Waals surface area contributed by atoms with E-state index in [9.17, 15) is 0 Å². The molecule has 0 aliphatic carbocycles. The number of hydrogen-bond donors (Lipinski definition) is 1. The first kappa shape index (κ1) is 17.0. The van der Waals surface area contributed by atoms with Gasteiger partial charge in [-0.3, -0.25) is 4.90 Å². The summed E-state index contributed by atoms with van der Waals surface area (Å²) in [6, 6.07) is 0. The van der Waals surface area contributed by atoms with E-state index in [0.717, 1.165) is 24.3 Å². The number of likely N-dealkylation sites (tertiary alicyclic amines) is 1. The molecule has 0 aromatic heterocycles. The lowest BCUT2D eigenvalue weighted by atomic mass is 9.78. The van der Waals surface area contributed by atoms with Gasteiger partial charge in [0.25, 0.3) is 0 Å². The third kappa shape index (κ3) is 4.75. The highest BCUT2D eigenvalue weighted by Crippen LogP contribution is 2.34. The molecule has 0 spiro atoms. The molecule has 1 rings (SSSR count). The van der Waals surface area contributed by atoms with E-state index < -0.39 is 0 Å². The Kier molecular flexibility index (Phi) is 6.82. The third-order valence-electron chi connectivity index (χ3n) is 4.82. The molecule has 0 saturated carbocycles. The average molecular weight is 268 g/mol. The minimum absolute atomic E-state index is 0.251. The molecule has 1 saturated heterocycles. The van der Waals surface area contributed by atoms with Crippen LogP contribution >= 0.6 is 0 Å². The zero-order valence-electron chi connectivity index (χ0n) is 13.9. The van der Waals surface area contributed by atoms with Crippen molar-refractivity contribution in [3.05, 3.63) is 0 Å². The van der Waals surface area contributed by atoms with Crippen LogP contribution in [0.25, 0.3) is 0 Å². The first-order chi connectivity index (χ1) is 8.93. The Hall–Kier alpha value is -0.0800. The van der Waals surface area contributed by atoms with Crippen LogP contribution in [-0.2, 0) is 0 Å². The Labute approximate surface area is 121 Å². The van der Waals surface area contributed by atoms with Gasteiger partial charge < -0.3 is 5.73 Å². The largest absolute Gasteiger partial charge is 0.329 e. The van der Waals surface area contributed by atoms with Crippen LogP contribution in [0.5, 0.6) is 0 Å². The number of nitrogens with two attached hydrogens (primary N) is 1. The second kappa shape index (κ2) is 7.64. The maximum Gasteiger partial charge on any atom is 0.0336 e. The highest BCUT2D eigenvalue weighted by Gasteiger charge is 2.38. The number of nitrogens with zero attached hydrogens (tertiary/aromatic N) is 1. The Morgan fingerprint density at radius 1 is 1.05 bits per heavy atom. The maximum absolute atomic E-state index is 6.26. The van der Waals surface area contributed by atoms with Crippen molar-refractivity contribution < 1.29 is 0 Å². The van der Waals surface area contributed by atoms with E-state index in [-0.39, 0.29) is 5.54 Å². The molecule has 0 unspecified atom stereocenters. The Morgan fingerprint density at radius 2 is 1.53 bits per heavy atom. The van der Waals surface area contributed by atoms with Crippen molar-refractivity contribution in [2.75, 3.05) is 19.6 Å². The van der Waals surface area contributed by atoms with E-state index in [1.54, 1.807) is 0 Å². The molecule has 2 N–H and O–H groups in total. The molecule has 0 bridgehead atoms. The maximum atomic E-state index is 6.26. The second-order valence-electron chi connectivity index (χ2n) is 7.46. The topological polar surface area (TPSA) is 29.3 Å². The molecule has 114 valence electrons. The second-order valence-corrected chi connectivity index (χ2v) is 7.46. The van der Waals surface area contributed by atoms with Crippen LogP contribution in [0, 0.1) is 17.8 Å². The van der Waals surface area contributed by atoms with Gasteiger partial charge >= 0.3 is 0 Å². The Bertz CT molecular complexity index is 230. The summed E-state index contributed by atoms with van der Waals surface area (Å²) in [6.45, 7) is 15.0. The van der Waals surface area contributed by atoms with Crippen molar-refractivity contribution in [2.45, 2.75) is 72.3 Å². The van der Waals surface area contributed by atoms with E-state index in [1.807, 2.05) is 0 Å². The van der Waals surface area contributed by atoms with Gasteiger partial charge in [0, 0.05) is 12.1 Å². The lowest BCUT2D eigenvalue weighted by Crippen LogP contribution is -2.57. The average Bonchev–Trinajstić information content (AvgIpc) is 2.36. The van der Waals surface area contributed by atoms with Crippen LogP contribution in [0.15, 0.2) is 0 Å². The first-order valence-electron chi connectivity index (χ1n) is 8.38. The van der Waals surface area contributed by atoms with E-state index in [1.165, 1.54) is 45.2 Å². The summed E-state index contributed by atoms with van der Waals surface area (Å²) in [5.41, 5.74) is 6.51. The van der Waals surface area contributed by atoms with Crippen LogP contribution in [0.1, 0.15) is 66.7 Å². The summed E-state index contributed by atoms with van der Waals surface area (Å²) in [6.07, 6.45) is 6.58. The molecular weight excluding hydrogens is 232 g/mol. The van der Waals surface area contributed by atoms with Crippen molar-refractivity contribution in [1.82, 2.24) is 4.90 Å². The van der Waals surface area contributed by atoms with E-state index in [4.69, 9.17) is 5.73 Å². The van der Waals surface area contributed by atoms with Gasteiger partial charge in [0.2, 0.25) is 0 Å². The standard InChI is InChI=1S/C17H36N2/c1-6-16-7-9-19(10-8-16)17(13-18,11-14(2)3)12-15(4)5/h14-16H,6-13,18H2,1-5H3. The number of hydrogen-bond acceptors (Lipinski definition) is 2. The van der Waals surface area contributed by atoms with Crippen molar-refractivity contribution in [1.29, 1.82) is 0 Å². The zero-order valence-corrected chi connectivity index (χ0v) is 13.9. The van der Waals surface area contributed by atoms with E-state index in [0.29, 0.717) is 0 Å². The minimum atomic E-state index is 0.251. The van der Waals surface area contributed by atoms with Crippen molar-refractivity contribution in [3.8, 4) is 0 Å². The van der Waals surface area contributed by atoms with Gasteiger partial charge in [-0.25, -0.2) is 0 Å². The fourth-order valence-corrected chi connectivity index (χ4v) is 3.97. The van der Waals surface area contributed by atoms with Gasteiger partial charge in [0.15, 0.2) is 0 Å². The quantitative estimate of drug-likeness (QED) is 0.759. The molecule has 0 aromatic rings. The summed E-state index contributed by atoms with van der Waals surface area (Å²) >= 11 is 0. The normalized spacial score (nSPS) is 19.6. The van der Waals surface area contributed by atoms with Crippen molar-refractivity contribution >= 4 is 0 Å². The molecule has 19 heavy (non-hydrogen) atoms. The van der Waals surface area contributed by atoms with Crippen molar-refractivity contribution in [3.63, 3.8) is 0 Å². The van der Waals surface area contributed by atoms with E-state index >= 15 is 0 Å². The fourth-order valence-electron chi connectivity index (χ4n) is 3.97. The lowest BCUT2D eigenvalue weighted by Gasteiger charge is -2.48. The smallest absolute Gasteiger partial charge is 0.0336 e. The fraction of sp³-hybridized carbons (Fsp3) is 1.00. The zero-order chi connectivity index (χ0) is 14.5. The van der Waals surface area contributed by atoms with Gasteiger partial charge in [0.05, 0.1) is 0 Å². The highest BCUT2D eigenvalue weighted by molar-refractivity contribution is 4.95. The molecule has 2 heteroatoms. The summed E-state index contributed by atoms with van der Waals surface area (Å²) < 4.78 is 0. The van der Waals surface area contributed by atoms with Crippen LogP contribution in [-0.4, -0.2) is 30.1 Å². The minimum Gasteiger partial charge on any atom is -0.329 e. The van der Waals surface area contributed by atoms with Crippen LogP contribution in [0.3, 0.4) is 0 Å². The van der Waals surface area contributed by atoms with E-state index in [2.05, 4.69) is 39.5 Å². The molecule has 2 nitrogen and oxygen atoms in total. The predicted molar refractivity (Wildman–Crippen MR) is 85.3 cm³/mol. The molecule has 0 aromatic carbocycles. The number of piperidine rings is 1. The summed E-state index contributed by atoms with van der Waals surface area (Å²) in [5.74, 6) is 2.40. The lowest BCUT2D eigenvalue weighted by molar-refractivity contribution is 0.0232. The molecule has 1 aliphatic heterocycles. The predicted octanol–water partition coefficient (Wildman–Crippen LogP) is 3.90.